The number of benzene rings is 2. The summed E-state index contributed by atoms with van der Waals surface area (Å²) < 4.78 is 11.0. The van der Waals surface area contributed by atoms with Crippen LogP contribution in [0.2, 0.25) is 5.02 Å². The third-order valence-corrected chi connectivity index (χ3v) is 5.42. The van der Waals surface area contributed by atoms with Gasteiger partial charge in [0.05, 0.1) is 0 Å². The Hall–Kier alpha value is -3.26. The molecular formula is C21H20ClN3O5. The minimum atomic E-state index is -1.22. The number of imide groups is 1. The molecule has 0 saturated carbocycles. The SMILES string of the molecule is CCC1(c2ccc(Cl)cc2)NC(=O)N(CC(=O)Nc2ccc3c(c2)OCCO3)C1=O. The van der Waals surface area contributed by atoms with Gasteiger partial charge in [-0.15, -0.1) is 0 Å². The molecule has 2 N–H and O–H groups in total. The van der Waals surface area contributed by atoms with Gasteiger partial charge in [0.2, 0.25) is 5.91 Å². The van der Waals surface area contributed by atoms with Crippen molar-refractivity contribution in [3.8, 4) is 11.5 Å². The Bertz CT molecular complexity index is 1010. The Morgan fingerprint density at radius 1 is 1.13 bits per heavy atom. The molecule has 0 aliphatic carbocycles. The van der Waals surface area contributed by atoms with Gasteiger partial charge in [-0.3, -0.25) is 14.5 Å². The van der Waals surface area contributed by atoms with Crippen LogP contribution in [0.25, 0.3) is 0 Å². The Labute approximate surface area is 178 Å². The minimum absolute atomic E-state index is 0.333. The first-order valence-corrected chi connectivity index (χ1v) is 9.90. The molecule has 4 rings (SSSR count). The summed E-state index contributed by atoms with van der Waals surface area (Å²) in [5, 5.41) is 5.95. The van der Waals surface area contributed by atoms with Crippen LogP contribution in [-0.4, -0.2) is 42.5 Å². The average molecular weight is 430 g/mol. The number of halogens is 1. The second-order valence-electron chi connectivity index (χ2n) is 6.99. The first kappa shape index (κ1) is 20.0. The van der Waals surface area contributed by atoms with Gasteiger partial charge in [-0.05, 0) is 36.2 Å². The minimum Gasteiger partial charge on any atom is -0.486 e. The number of fused-ring (bicyclic) bond motifs is 1. The summed E-state index contributed by atoms with van der Waals surface area (Å²) in [6.45, 7) is 2.29. The van der Waals surface area contributed by atoms with E-state index in [0.717, 1.165) is 4.90 Å². The van der Waals surface area contributed by atoms with Crippen molar-refractivity contribution in [2.75, 3.05) is 25.1 Å². The zero-order valence-electron chi connectivity index (χ0n) is 16.2. The summed E-state index contributed by atoms with van der Waals surface area (Å²) in [5.74, 6) is 0.152. The molecule has 2 heterocycles. The molecular weight excluding hydrogens is 410 g/mol. The van der Waals surface area contributed by atoms with E-state index in [4.69, 9.17) is 21.1 Å². The van der Waals surface area contributed by atoms with Crippen LogP contribution in [0.4, 0.5) is 10.5 Å². The molecule has 0 aromatic heterocycles. The van der Waals surface area contributed by atoms with Crippen molar-refractivity contribution in [1.82, 2.24) is 10.2 Å². The number of hydrogen-bond acceptors (Lipinski definition) is 5. The van der Waals surface area contributed by atoms with Crippen LogP contribution in [0, 0.1) is 0 Å². The number of nitrogens with one attached hydrogen (secondary N) is 2. The van der Waals surface area contributed by atoms with Crippen molar-refractivity contribution in [3.63, 3.8) is 0 Å². The van der Waals surface area contributed by atoms with E-state index in [1.807, 2.05) is 0 Å². The Kier molecular flexibility index (Phi) is 5.26. The summed E-state index contributed by atoms with van der Waals surface area (Å²) >= 11 is 5.94. The Morgan fingerprint density at radius 3 is 2.53 bits per heavy atom. The smallest absolute Gasteiger partial charge is 0.325 e. The van der Waals surface area contributed by atoms with Crippen LogP contribution in [0.5, 0.6) is 11.5 Å². The average Bonchev–Trinajstić information content (AvgIpc) is 2.99. The molecule has 30 heavy (non-hydrogen) atoms. The number of anilines is 1. The van der Waals surface area contributed by atoms with Crippen LogP contribution < -0.4 is 20.1 Å². The molecule has 2 aliphatic heterocycles. The van der Waals surface area contributed by atoms with E-state index in [9.17, 15) is 14.4 Å². The quantitative estimate of drug-likeness (QED) is 0.712. The number of urea groups is 1. The lowest BCUT2D eigenvalue weighted by molar-refractivity contribution is -0.134. The van der Waals surface area contributed by atoms with Gasteiger partial charge < -0.3 is 20.1 Å². The largest absolute Gasteiger partial charge is 0.486 e. The lowest BCUT2D eigenvalue weighted by atomic mass is 9.87. The molecule has 1 unspecified atom stereocenters. The zero-order valence-corrected chi connectivity index (χ0v) is 17.0. The van der Waals surface area contributed by atoms with Gasteiger partial charge in [0, 0.05) is 16.8 Å². The Morgan fingerprint density at radius 2 is 1.83 bits per heavy atom. The van der Waals surface area contributed by atoms with E-state index in [0.29, 0.717) is 47.4 Å². The van der Waals surface area contributed by atoms with E-state index in [-0.39, 0.29) is 0 Å². The number of ether oxygens (including phenoxy) is 2. The number of amides is 4. The van der Waals surface area contributed by atoms with Crippen LogP contribution in [-0.2, 0) is 15.1 Å². The van der Waals surface area contributed by atoms with Crippen molar-refractivity contribution in [2.24, 2.45) is 0 Å². The fourth-order valence-corrected chi connectivity index (χ4v) is 3.73. The maximum absolute atomic E-state index is 13.1. The number of carbonyl (C=O) groups is 3. The van der Waals surface area contributed by atoms with Gasteiger partial charge in [-0.1, -0.05) is 30.7 Å². The monoisotopic (exact) mass is 429 g/mol. The lowest BCUT2D eigenvalue weighted by Crippen LogP contribution is -2.44. The van der Waals surface area contributed by atoms with Crippen molar-refractivity contribution >= 4 is 35.1 Å². The number of nitrogens with zero attached hydrogens (tertiary/aromatic N) is 1. The van der Waals surface area contributed by atoms with E-state index in [2.05, 4.69) is 10.6 Å². The van der Waals surface area contributed by atoms with E-state index >= 15 is 0 Å². The van der Waals surface area contributed by atoms with Gasteiger partial charge in [0.15, 0.2) is 11.5 Å². The fraction of sp³-hybridized carbons (Fsp3) is 0.286. The van der Waals surface area contributed by atoms with Crippen LogP contribution in [0.3, 0.4) is 0 Å². The topological polar surface area (TPSA) is 97.0 Å². The van der Waals surface area contributed by atoms with Crippen molar-refractivity contribution < 1.29 is 23.9 Å². The second-order valence-corrected chi connectivity index (χ2v) is 7.43. The molecule has 0 spiro atoms. The predicted molar refractivity (Wildman–Crippen MR) is 110 cm³/mol. The molecule has 9 heteroatoms. The highest BCUT2D eigenvalue weighted by molar-refractivity contribution is 6.30. The second kappa shape index (κ2) is 7.87. The molecule has 0 bridgehead atoms. The van der Waals surface area contributed by atoms with Gasteiger partial charge >= 0.3 is 6.03 Å². The van der Waals surface area contributed by atoms with E-state index < -0.39 is 29.9 Å². The molecule has 2 aliphatic rings. The maximum atomic E-state index is 13.1. The van der Waals surface area contributed by atoms with Crippen LogP contribution >= 0.6 is 11.6 Å². The first-order chi connectivity index (χ1) is 14.4. The van der Waals surface area contributed by atoms with Gasteiger partial charge in [-0.2, -0.15) is 0 Å². The highest BCUT2D eigenvalue weighted by Crippen LogP contribution is 2.34. The van der Waals surface area contributed by atoms with Crippen molar-refractivity contribution in [1.29, 1.82) is 0 Å². The summed E-state index contributed by atoms with van der Waals surface area (Å²) in [7, 11) is 0. The molecule has 2 aromatic rings. The molecule has 0 radical (unpaired) electrons. The predicted octanol–water partition coefficient (Wildman–Crippen LogP) is 2.91. The highest BCUT2D eigenvalue weighted by atomic mass is 35.5. The summed E-state index contributed by atoms with van der Waals surface area (Å²) in [5.41, 5.74) is -0.128. The van der Waals surface area contributed by atoms with Gasteiger partial charge in [-0.25, -0.2) is 4.79 Å². The van der Waals surface area contributed by atoms with Gasteiger partial charge in [0.1, 0.15) is 25.3 Å². The molecule has 156 valence electrons. The maximum Gasteiger partial charge on any atom is 0.325 e. The van der Waals surface area contributed by atoms with Crippen LogP contribution in [0.15, 0.2) is 42.5 Å². The normalized spacial score (nSPS) is 20.1. The van der Waals surface area contributed by atoms with Gasteiger partial charge in [0.25, 0.3) is 5.91 Å². The number of rotatable bonds is 5. The van der Waals surface area contributed by atoms with Crippen LogP contribution in [0.1, 0.15) is 18.9 Å². The Balaban J connectivity index is 1.49. The third kappa shape index (κ3) is 3.54. The van der Waals surface area contributed by atoms with Crippen molar-refractivity contribution in [3.05, 3.63) is 53.1 Å². The number of carbonyl (C=O) groups excluding carboxylic acids is 3. The molecule has 2 aromatic carbocycles. The van der Waals surface area contributed by atoms with Crippen molar-refractivity contribution in [2.45, 2.75) is 18.9 Å². The van der Waals surface area contributed by atoms with E-state index in [1.54, 1.807) is 49.4 Å². The lowest BCUT2D eigenvalue weighted by Gasteiger charge is -2.25. The molecule has 1 fully saturated rings. The molecule has 4 amide bonds. The fourth-order valence-electron chi connectivity index (χ4n) is 3.61. The third-order valence-electron chi connectivity index (χ3n) is 5.17. The number of hydrogen-bond donors (Lipinski definition) is 2. The molecule has 8 nitrogen and oxygen atoms in total. The zero-order chi connectivity index (χ0) is 21.3. The molecule has 1 atom stereocenters. The van der Waals surface area contributed by atoms with E-state index in [1.165, 1.54) is 0 Å². The highest BCUT2D eigenvalue weighted by Gasteiger charge is 2.51. The standard InChI is InChI=1S/C21H20ClN3O5/c1-2-21(13-3-5-14(22)6-4-13)19(27)25(20(28)24-21)12-18(26)23-15-7-8-16-17(11-15)30-10-9-29-16/h3-8,11H,2,9-10,12H2,1H3,(H,23,26)(H,24,28). The molecule has 1 saturated heterocycles. The first-order valence-electron chi connectivity index (χ1n) is 9.52. The summed E-state index contributed by atoms with van der Waals surface area (Å²) in [6, 6.07) is 11.1. The summed E-state index contributed by atoms with van der Waals surface area (Å²) in [6.07, 6.45) is 0.333. The summed E-state index contributed by atoms with van der Waals surface area (Å²) in [4.78, 5) is 39.1.